The van der Waals surface area contributed by atoms with Gasteiger partial charge >= 0.3 is 0 Å². The second-order valence-electron chi connectivity index (χ2n) is 5.05. The smallest absolute Gasteiger partial charge is 0.207 e. The molecule has 0 bridgehead atoms. The van der Waals surface area contributed by atoms with Crippen LogP contribution in [0.5, 0.6) is 0 Å². The average molecular weight is 342 g/mol. The van der Waals surface area contributed by atoms with Crippen LogP contribution in [0.4, 0.5) is 4.39 Å². The van der Waals surface area contributed by atoms with Gasteiger partial charge in [0.1, 0.15) is 10.7 Å². The quantitative estimate of drug-likeness (QED) is 0.849. The summed E-state index contributed by atoms with van der Waals surface area (Å²) in [4.78, 5) is -1.07. The molecule has 2 rings (SSSR count). The summed E-state index contributed by atoms with van der Waals surface area (Å²) in [5.74, 6) is -1.15. The predicted octanol–water partition coefficient (Wildman–Crippen LogP) is 1.97. The molecule has 0 aliphatic heterocycles. The highest BCUT2D eigenvalue weighted by atomic mass is 35.7. The molecule has 0 unspecified atom stereocenters. The molecule has 1 aromatic carbocycles. The lowest BCUT2D eigenvalue weighted by molar-refractivity contribution is 0.247. The van der Waals surface area contributed by atoms with Crippen LogP contribution in [-0.2, 0) is 19.1 Å². The zero-order chi connectivity index (χ0) is 15.2. The van der Waals surface area contributed by atoms with E-state index in [-0.39, 0.29) is 0 Å². The first-order chi connectivity index (χ1) is 9.04. The number of hydrogen-bond acceptors (Lipinski definition) is 4. The van der Waals surface area contributed by atoms with E-state index in [1.807, 2.05) is 0 Å². The number of sulfonamides is 1. The number of halogens is 2. The topological polar surface area (TPSA) is 80.3 Å². The van der Waals surface area contributed by atoms with Gasteiger partial charge in [0, 0.05) is 16.2 Å². The average Bonchev–Trinajstić information content (AvgIpc) is 2.24. The summed E-state index contributed by atoms with van der Waals surface area (Å²) in [7, 11) is -3.06. The van der Waals surface area contributed by atoms with Crippen molar-refractivity contribution in [3.05, 3.63) is 24.0 Å². The molecule has 0 radical (unpaired) electrons. The first-order valence-corrected chi connectivity index (χ1v) is 9.61. The van der Waals surface area contributed by atoms with Gasteiger partial charge in [0.15, 0.2) is 0 Å². The summed E-state index contributed by atoms with van der Waals surface area (Å²) in [5.41, 5.74) is -0.567. The van der Waals surface area contributed by atoms with Crippen LogP contribution in [0, 0.1) is 5.82 Å². The molecule has 1 N–H and O–H groups in total. The van der Waals surface area contributed by atoms with Crippen molar-refractivity contribution >= 4 is 29.8 Å². The van der Waals surface area contributed by atoms with Gasteiger partial charge in [-0.15, -0.1) is 0 Å². The van der Waals surface area contributed by atoms with Crippen LogP contribution in [-0.4, -0.2) is 22.4 Å². The molecule has 0 saturated heterocycles. The van der Waals surface area contributed by atoms with Crippen LogP contribution in [0.2, 0.25) is 0 Å². The van der Waals surface area contributed by atoms with Gasteiger partial charge in [-0.05, 0) is 44.4 Å². The Hall–Kier alpha value is -0.700. The molecule has 112 valence electrons. The van der Waals surface area contributed by atoms with Crippen LogP contribution in [0.1, 0.15) is 26.2 Å². The fraction of sp³-hybridized carbons (Fsp3) is 0.455. The Morgan fingerprint density at radius 3 is 2.25 bits per heavy atom. The molecule has 5 nitrogen and oxygen atoms in total. The van der Waals surface area contributed by atoms with Crippen molar-refractivity contribution in [2.75, 3.05) is 0 Å². The lowest BCUT2D eigenvalue weighted by Crippen LogP contribution is -2.50. The van der Waals surface area contributed by atoms with Crippen molar-refractivity contribution < 1.29 is 21.2 Å². The van der Waals surface area contributed by atoms with Crippen molar-refractivity contribution in [1.82, 2.24) is 4.72 Å². The van der Waals surface area contributed by atoms with E-state index in [2.05, 4.69) is 4.72 Å². The predicted molar refractivity (Wildman–Crippen MR) is 72.0 cm³/mol. The Morgan fingerprint density at radius 1 is 1.25 bits per heavy atom. The molecule has 1 aromatic rings. The summed E-state index contributed by atoms with van der Waals surface area (Å²) in [5, 5.41) is 0. The lowest BCUT2D eigenvalue weighted by atomic mass is 9.80. The largest absolute Gasteiger partial charge is 0.261 e. The van der Waals surface area contributed by atoms with E-state index in [0.29, 0.717) is 18.9 Å². The SMILES string of the molecule is CC1(NS(=O)(=O)c2ccc(S(=O)(=O)Cl)cc2F)CCC1. The molecule has 1 aliphatic rings. The summed E-state index contributed by atoms with van der Waals surface area (Å²) in [6, 6.07) is 2.46. The van der Waals surface area contributed by atoms with E-state index in [4.69, 9.17) is 10.7 Å². The minimum absolute atomic E-state index is 0.481. The fourth-order valence-corrected chi connectivity index (χ4v) is 4.33. The van der Waals surface area contributed by atoms with Crippen LogP contribution < -0.4 is 4.72 Å². The summed E-state index contributed by atoms with van der Waals surface area (Å²) in [6.07, 6.45) is 2.27. The minimum atomic E-state index is -4.10. The van der Waals surface area contributed by atoms with Gasteiger partial charge in [0.25, 0.3) is 9.05 Å². The van der Waals surface area contributed by atoms with Crippen molar-refractivity contribution in [3.8, 4) is 0 Å². The number of nitrogens with one attached hydrogen (secondary N) is 1. The van der Waals surface area contributed by atoms with Gasteiger partial charge in [-0.3, -0.25) is 0 Å². The van der Waals surface area contributed by atoms with Gasteiger partial charge in [-0.2, -0.15) is 0 Å². The third kappa shape index (κ3) is 3.13. The van der Waals surface area contributed by atoms with Crippen molar-refractivity contribution in [1.29, 1.82) is 0 Å². The molecule has 1 aliphatic carbocycles. The van der Waals surface area contributed by atoms with Crippen molar-refractivity contribution in [2.45, 2.75) is 41.5 Å². The Bertz CT molecular complexity index is 742. The molecule has 0 aromatic heterocycles. The molecule has 0 amide bonds. The molecule has 1 saturated carbocycles. The van der Waals surface area contributed by atoms with E-state index >= 15 is 0 Å². The van der Waals surface area contributed by atoms with E-state index in [0.717, 1.165) is 18.6 Å². The Balaban J connectivity index is 2.38. The molecule has 9 heteroatoms. The zero-order valence-electron chi connectivity index (χ0n) is 10.6. The van der Waals surface area contributed by atoms with Gasteiger partial charge in [0.05, 0.1) is 4.90 Å². The summed E-state index contributed by atoms with van der Waals surface area (Å²) >= 11 is 0. The van der Waals surface area contributed by atoms with Crippen LogP contribution in [0.25, 0.3) is 0 Å². The fourth-order valence-electron chi connectivity index (χ4n) is 2.04. The molecule has 0 atom stereocenters. The first kappa shape index (κ1) is 15.7. The normalized spacial score (nSPS) is 18.6. The Labute approximate surface area is 121 Å². The highest BCUT2D eigenvalue weighted by molar-refractivity contribution is 8.13. The molecule has 1 fully saturated rings. The van der Waals surface area contributed by atoms with Crippen LogP contribution in [0.15, 0.2) is 28.0 Å². The third-order valence-electron chi connectivity index (χ3n) is 3.31. The van der Waals surface area contributed by atoms with Gasteiger partial charge in [-0.25, -0.2) is 25.9 Å². The van der Waals surface area contributed by atoms with Gasteiger partial charge in [0.2, 0.25) is 10.0 Å². The number of rotatable bonds is 4. The number of benzene rings is 1. The van der Waals surface area contributed by atoms with Crippen molar-refractivity contribution in [2.24, 2.45) is 0 Å². The molecule has 0 heterocycles. The van der Waals surface area contributed by atoms with Gasteiger partial charge in [-0.1, -0.05) is 0 Å². The Morgan fingerprint density at radius 2 is 1.85 bits per heavy atom. The maximum atomic E-state index is 13.8. The molecular weight excluding hydrogens is 329 g/mol. The zero-order valence-corrected chi connectivity index (χ0v) is 12.9. The van der Waals surface area contributed by atoms with Gasteiger partial charge < -0.3 is 0 Å². The standard InChI is InChI=1S/C11H13ClFNO4S2/c1-11(5-2-6-11)14-20(17,18)10-4-3-8(7-9(10)13)19(12,15)16/h3-4,7,14H,2,5-6H2,1H3. The minimum Gasteiger partial charge on any atom is -0.207 e. The number of hydrogen-bond donors (Lipinski definition) is 1. The molecule has 20 heavy (non-hydrogen) atoms. The lowest BCUT2D eigenvalue weighted by Gasteiger charge is -2.38. The second kappa shape index (κ2) is 4.94. The summed E-state index contributed by atoms with van der Waals surface area (Å²) < 4.78 is 62.6. The Kier molecular flexibility index (Phi) is 3.87. The third-order valence-corrected chi connectivity index (χ3v) is 6.34. The molecule has 0 spiro atoms. The monoisotopic (exact) mass is 341 g/mol. The first-order valence-electron chi connectivity index (χ1n) is 5.82. The highest BCUT2D eigenvalue weighted by Crippen LogP contribution is 2.33. The van der Waals surface area contributed by atoms with E-state index in [1.165, 1.54) is 0 Å². The second-order valence-corrected chi connectivity index (χ2v) is 9.27. The van der Waals surface area contributed by atoms with Crippen molar-refractivity contribution in [3.63, 3.8) is 0 Å². The molecular formula is C11H13ClFNO4S2. The van der Waals surface area contributed by atoms with Crippen LogP contribution in [0.3, 0.4) is 0 Å². The van der Waals surface area contributed by atoms with E-state index in [9.17, 15) is 21.2 Å². The van der Waals surface area contributed by atoms with Crippen LogP contribution >= 0.6 is 10.7 Å². The van der Waals surface area contributed by atoms with E-state index in [1.54, 1.807) is 6.92 Å². The maximum Gasteiger partial charge on any atom is 0.261 e. The van der Waals surface area contributed by atoms with E-state index < -0.39 is 40.2 Å². The highest BCUT2D eigenvalue weighted by Gasteiger charge is 2.37. The summed E-state index contributed by atoms with van der Waals surface area (Å²) in [6.45, 7) is 1.74. The maximum absolute atomic E-state index is 13.8.